The van der Waals surface area contributed by atoms with Crippen LogP contribution in [-0.4, -0.2) is 19.5 Å². The van der Waals surface area contributed by atoms with Crippen molar-refractivity contribution in [3.8, 4) is 0 Å². The molecule has 0 saturated carbocycles. The van der Waals surface area contributed by atoms with Gasteiger partial charge in [0.25, 0.3) is 10.0 Å². The van der Waals surface area contributed by atoms with E-state index in [1.165, 1.54) is 5.56 Å². The standard InChI is InChI=1S/C14H13NO5S/c16-14(17)12-6-7-13(20-12)21(18,19)15-11-5-4-9-2-1-3-10(9)8-11/h4-8,15H,1-3H2,(H,16,17). The van der Waals surface area contributed by atoms with Gasteiger partial charge in [0, 0.05) is 5.69 Å². The van der Waals surface area contributed by atoms with Crippen molar-refractivity contribution in [2.75, 3.05) is 4.72 Å². The van der Waals surface area contributed by atoms with Crippen LogP contribution in [0.15, 0.2) is 39.8 Å². The zero-order valence-electron chi connectivity index (χ0n) is 11.0. The first-order valence-corrected chi connectivity index (χ1v) is 7.92. The Morgan fingerprint density at radius 2 is 1.90 bits per heavy atom. The van der Waals surface area contributed by atoms with Crippen LogP contribution in [-0.2, 0) is 22.9 Å². The first-order chi connectivity index (χ1) is 9.95. The minimum Gasteiger partial charge on any atom is -0.475 e. The van der Waals surface area contributed by atoms with E-state index in [0.717, 1.165) is 37.0 Å². The number of aromatic carboxylic acids is 1. The second-order valence-corrected chi connectivity index (χ2v) is 6.48. The number of carbonyl (C=O) groups is 1. The predicted molar refractivity (Wildman–Crippen MR) is 74.9 cm³/mol. The number of hydrogen-bond acceptors (Lipinski definition) is 4. The van der Waals surface area contributed by atoms with Crippen LogP contribution >= 0.6 is 0 Å². The van der Waals surface area contributed by atoms with Gasteiger partial charge in [-0.05, 0) is 54.7 Å². The second-order valence-electron chi connectivity index (χ2n) is 4.87. The Bertz CT molecular complexity index is 807. The quantitative estimate of drug-likeness (QED) is 0.903. The molecule has 0 radical (unpaired) electrons. The lowest BCUT2D eigenvalue weighted by Crippen LogP contribution is -2.12. The average molecular weight is 307 g/mol. The fraction of sp³-hybridized carbons (Fsp3) is 0.214. The van der Waals surface area contributed by atoms with Crippen LogP contribution in [0.25, 0.3) is 0 Å². The Morgan fingerprint density at radius 3 is 2.62 bits per heavy atom. The molecule has 6 nitrogen and oxygen atoms in total. The molecule has 0 spiro atoms. The topological polar surface area (TPSA) is 96.6 Å². The summed E-state index contributed by atoms with van der Waals surface area (Å²) in [5, 5.41) is 8.33. The fourth-order valence-corrected chi connectivity index (χ4v) is 3.40. The molecular weight excluding hydrogens is 294 g/mol. The summed E-state index contributed by atoms with van der Waals surface area (Å²) in [5.74, 6) is -1.72. The van der Waals surface area contributed by atoms with Gasteiger partial charge in [0.05, 0.1) is 0 Å². The number of carboxylic acids is 1. The summed E-state index contributed by atoms with van der Waals surface area (Å²) in [6.45, 7) is 0. The van der Waals surface area contributed by atoms with E-state index in [2.05, 4.69) is 4.72 Å². The van der Waals surface area contributed by atoms with Crippen LogP contribution in [0.1, 0.15) is 28.1 Å². The molecule has 1 aromatic heterocycles. The third-order valence-corrected chi connectivity index (χ3v) is 4.66. The first-order valence-electron chi connectivity index (χ1n) is 6.43. The van der Waals surface area contributed by atoms with Gasteiger partial charge in [0.15, 0.2) is 0 Å². The number of furan rings is 1. The van der Waals surface area contributed by atoms with Gasteiger partial charge in [-0.15, -0.1) is 0 Å². The molecule has 0 fully saturated rings. The van der Waals surface area contributed by atoms with E-state index in [1.54, 1.807) is 12.1 Å². The molecule has 1 heterocycles. The van der Waals surface area contributed by atoms with Crippen LogP contribution < -0.4 is 4.72 Å². The van der Waals surface area contributed by atoms with Crippen molar-refractivity contribution in [2.24, 2.45) is 0 Å². The molecule has 1 aliphatic carbocycles. The van der Waals surface area contributed by atoms with E-state index in [4.69, 9.17) is 9.52 Å². The largest absolute Gasteiger partial charge is 0.475 e. The smallest absolute Gasteiger partial charge is 0.371 e. The molecule has 0 bridgehead atoms. The molecule has 3 rings (SSSR count). The van der Waals surface area contributed by atoms with Crippen LogP contribution in [0.4, 0.5) is 5.69 Å². The van der Waals surface area contributed by atoms with Crippen molar-refractivity contribution in [2.45, 2.75) is 24.4 Å². The Hall–Kier alpha value is -2.28. The molecule has 0 amide bonds. The van der Waals surface area contributed by atoms with Crippen molar-refractivity contribution in [1.29, 1.82) is 0 Å². The summed E-state index contributed by atoms with van der Waals surface area (Å²) in [6.07, 6.45) is 3.03. The highest BCUT2D eigenvalue weighted by molar-refractivity contribution is 7.92. The normalized spacial score (nSPS) is 13.9. The Balaban J connectivity index is 1.87. The lowest BCUT2D eigenvalue weighted by Gasteiger charge is -2.07. The summed E-state index contributed by atoms with van der Waals surface area (Å²) in [6, 6.07) is 7.65. The number of fused-ring (bicyclic) bond motifs is 1. The van der Waals surface area contributed by atoms with E-state index < -0.39 is 26.8 Å². The van der Waals surface area contributed by atoms with Crippen LogP contribution in [0.2, 0.25) is 0 Å². The first kappa shape index (κ1) is 13.7. The van der Waals surface area contributed by atoms with Gasteiger partial charge in [-0.1, -0.05) is 6.07 Å². The van der Waals surface area contributed by atoms with Gasteiger partial charge >= 0.3 is 5.97 Å². The SMILES string of the molecule is O=C(O)c1ccc(S(=O)(=O)Nc2ccc3c(c2)CCC3)o1. The lowest BCUT2D eigenvalue weighted by atomic mass is 10.1. The zero-order chi connectivity index (χ0) is 15.0. The Labute approximate surface area is 121 Å². The van der Waals surface area contributed by atoms with Crippen LogP contribution in [0.5, 0.6) is 0 Å². The summed E-state index contributed by atoms with van der Waals surface area (Å²) in [4.78, 5) is 10.7. The molecule has 7 heteroatoms. The zero-order valence-corrected chi connectivity index (χ0v) is 11.8. The van der Waals surface area contributed by atoms with Crippen molar-refractivity contribution in [3.05, 3.63) is 47.2 Å². The predicted octanol–water partition coefficient (Wildman–Crippen LogP) is 2.27. The molecule has 2 N–H and O–H groups in total. The molecule has 110 valence electrons. The second kappa shape index (κ2) is 4.92. The van der Waals surface area contributed by atoms with E-state index >= 15 is 0 Å². The minimum absolute atomic E-state index is 0.413. The van der Waals surface area contributed by atoms with E-state index in [9.17, 15) is 13.2 Å². The number of nitrogens with one attached hydrogen (secondary N) is 1. The average Bonchev–Trinajstić information content (AvgIpc) is 3.07. The minimum atomic E-state index is -3.92. The number of benzene rings is 1. The molecule has 0 aliphatic heterocycles. The van der Waals surface area contributed by atoms with E-state index in [1.807, 2.05) is 6.07 Å². The van der Waals surface area contributed by atoms with E-state index in [0.29, 0.717) is 5.69 Å². The molecule has 0 saturated heterocycles. The van der Waals surface area contributed by atoms with Crippen molar-refractivity contribution in [3.63, 3.8) is 0 Å². The Morgan fingerprint density at radius 1 is 1.14 bits per heavy atom. The number of rotatable bonds is 4. The third kappa shape index (κ3) is 2.64. The van der Waals surface area contributed by atoms with Gasteiger partial charge < -0.3 is 9.52 Å². The van der Waals surface area contributed by atoms with Gasteiger partial charge in [0.2, 0.25) is 10.9 Å². The van der Waals surface area contributed by atoms with Gasteiger partial charge in [-0.25, -0.2) is 4.79 Å². The maximum atomic E-state index is 12.1. The number of anilines is 1. The number of aryl methyl sites for hydroxylation is 2. The molecule has 0 atom stereocenters. The molecule has 0 unspecified atom stereocenters. The molecular formula is C14H13NO5S. The third-order valence-electron chi connectivity index (χ3n) is 3.41. The van der Waals surface area contributed by atoms with Gasteiger partial charge in [-0.2, -0.15) is 8.42 Å². The van der Waals surface area contributed by atoms with Crippen LogP contribution in [0.3, 0.4) is 0 Å². The highest BCUT2D eigenvalue weighted by Gasteiger charge is 2.21. The monoisotopic (exact) mass is 307 g/mol. The summed E-state index contributed by atoms with van der Waals surface area (Å²) >= 11 is 0. The molecule has 1 aliphatic rings. The summed E-state index contributed by atoms with van der Waals surface area (Å²) < 4.78 is 31.5. The number of hydrogen-bond donors (Lipinski definition) is 2. The lowest BCUT2D eigenvalue weighted by molar-refractivity contribution is 0.0656. The maximum absolute atomic E-state index is 12.1. The maximum Gasteiger partial charge on any atom is 0.371 e. The highest BCUT2D eigenvalue weighted by atomic mass is 32.2. The number of carboxylic acid groups (broad SMARTS) is 1. The number of sulfonamides is 1. The summed E-state index contributed by atoms with van der Waals surface area (Å²) in [7, 11) is -3.92. The highest BCUT2D eigenvalue weighted by Crippen LogP contribution is 2.26. The molecule has 2 aromatic rings. The molecule has 1 aromatic carbocycles. The van der Waals surface area contributed by atoms with Crippen molar-refractivity contribution >= 4 is 21.7 Å². The molecule has 21 heavy (non-hydrogen) atoms. The van der Waals surface area contributed by atoms with Gasteiger partial charge in [-0.3, -0.25) is 4.72 Å². The van der Waals surface area contributed by atoms with Crippen molar-refractivity contribution < 1.29 is 22.7 Å². The summed E-state index contributed by atoms with van der Waals surface area (Å²) in [5.41, 5.74) is 2.83. The fourth-order valence-electron chi connectivity index (χ4n) is 2.42. The van der Waals surface area contributed by atoms with Crippen LogP contribution in [0, 0.1) is 0 Å². The Kier molecular flexibility index (Phi) is 3.21. The van der Waals surface area contributed by atoms with Gasteiger partial charge in [0.1, 0.15) is 0 Å². The van der Waals surface area contributed by atoms with Crippen molar-refractivity contribution in [1.82, 2.24) is 0 Å². The van der Waals surface area contributed by atoms with E-state index in [-0.39, 0.29) is 0 Å².